The zero-order chi connectivity index (χ0) is 17.6. The SMILES string of the molecule is C[C@H](NC(=O)CSCc1ccc(Cl)cc1)c1ccc2c(c1)CCCC2. The molecule has 0 aliphatic heterocycles. The number of benzene rings is 2. The van der Waals surface area contributed by atoms with Crippen LogP contribution in [-0.4, -0.2) is 11.7 Å². The van der Waals surface area contributed by atoms with Crippen molar-refractivity contribution in [2.45, 2.75) is 44.4 Å². The van der Waals surface area contributed by atoms with Gasteiger partial charge >= 0.3 is 0 Å². The van der Waals surface area contributed by atoms with Gasteiger partial charge in [-0.3, -0.25) is 4.79 Å². The topological polar surface area (TPSA) is 29.1 Å². The van der Waals surface area contributed by atoms with Gasteiger partial charge in [-0.25, -0.2) is 0 Å². The highest BCUT2D eigenvalue weighted by atomic mass is 35.5. The molecule has 0 radical (unpaired) electrons. The minimum Gasteiger partial charge on any atom is -0.349 e. The van der Waals surface area contributed by atoms with Crippen molar-refractivity contribution in [2.75, 3.05) is 5.75 Å². The molecule has 1 aliphatic rings. The third kappa shape index (κ3) is 5.26. The zero-order valence-electron chi connectivity index (χ0n) is 14.6. The number of carbonyl (C=O) groups excluding carboxylic acids is 1. The number of aryl methyl sites for hydroxylation is 2. The van der Waals surface area contributed by atoms with E-state index in [1.807, 2.05) is 24.3 Å². The van der Waals surface area contributed by atoms with Crippen LogP contribution < -0.4 is 5.32 Å². The van der Waals surface area contributed by atoms with Gasteiger partial charge < -0.3 is 5.32 Å². The lowest BCUT2D eigenvalue weighted by molar-refractivity contribution is -0.119. The summed E-state index contributed by atoms with van der Waals surface area (Å²) in [5, 5.41) is 3.86. The van der Waals surface area contributed by atoms with Gasteiger partial charge in [0.2, 0.25) is 5.91 Å². The Kier molecular flexibility index (Phi) is 6.44. The molecule has 0 fully saturated rings. The summed E-state index contributed by atoms with van der Waals surface area (Å²) < 4.78 is 0. The van der Waals surface area contributed by atoms with Gasteiger partial charge in [-0.15, -0.1) is 11.8 Å². The summed E-state index contributed by atoms with van der Waals surface area (Å²) >= 11 is 7.51. The highest BCUT2D eigenvalue weighted by Gasteiger charge is 2.14. The molecule has 2 aromatic carbocycles. The van der Waals surface area contributed by atoms with Crippen LogP contribution in [0.1, 0.15) is 48.1 Å². The lowest BCUT2D eigenvalue weighted by Crippen LogP contribution is -2.28. The van der Waals surface area contributed by atoms with Gasteiger partial charge in [-0.1, -0.05) is 41.9 Å². The van der Waals surface area contributed by atoms with E-state index >= 15 is 0 Å². The first-order valence-electron chi connectivity index (χ1n) is 8.85. The van der Waals surface area contributed by atoms with Crippen molar-refractivity contribution >= 4 is 29.3 Å². The number of rotatable bonds is 6. The van der Waals surface area contributed by atoms with Crippen molar-refractivity contribution < 1.29 is 4.79 Å². The Hall–Kier alpha value is -1.45. The summed E-state index contributed by atoms with van der Waals surface area (Å²) in [4.78, 5) is 12.2. The number of carbonyl (C=O) groups is 1. The van der Waals surface area contributed by atoms with Gasteiger partial charge in [-0.2, -0.15) is 0 Å². The number of hydrogen-bond acceptors (Lipinski definition) is 2. The van der Waals surface area contributed by atoms with Crippen LogP contribution in [0.15, 0.2) is 42.5 Å². The Labute approximate surface area is 159 Å². The number of halogens is 1. The van der Waals surface area contributed by atoms with Crippen molar-refractivity contribution in [3.05, 3.63) is 69.7 Å². The fourth-order valence-electron chi connectivity index (χ4n) is 3.23. The van der Waals surface area contributed by atoms with Gasteiger partial charge in [0.1, 0.15) is 0 Å². The predicted octanol–water partition coefficient (Wildman–Crippen LogP) is 5.33. The first-order chi connectivity index (χ1) is 12.1. The van der Waals surface area contributed by atoms with Crippen LogP contribution in [0.25, 0.3) is 0 Å². The molecular formula is C21H24ClNOS. The van der Waals surface area contributed by atoms with E-state index in [-0.39, 0.29) is 11.9 Å². The van der Waals surface area contributed by atoms with E-state index in [4.69, 9.17) is 11.6 Å². The summed E-state index contributed by atoms with van der Waals surface area (Å²) in [6.45, 7) is 2.06. The van der Waals surface area contributed by atoms with E-state index in [1.165, 1.54) is 47.9 Å². The van der Waals surface area contributed by atoms with E-state index in [0.717, 1.165) is 10.8 Å². The van der Waals surface area contributed by atoms with E-state index in [9.17, 15) is 4.79 Å². The molecule has 0 heterocycles. The van der Waals surface area contributed by atoms with Crippen LogP contribution >= 0.6 is 23.4 Å². The number of nitrogens with one attached hydrogen (secondary N) is 1. The van der Waals surface area contributed by atoms with Crippen LogP contribution in [0, 0.1) is 0 Å². The van der Waals surface area contributed by atoms with Crippen LogP contribution in [-0.2, 0) is 23.4 Å². The Balaban J connectivity index is 1.48. The van der Waals surface area contributed by atoms with Gasteiger partial charge in [0.15, 0.2) is 0 Å². The molecule has 0 aromatic heterocycles. The minimum atomic E-state index is 0.0517. The second-order valence-electron chi connectivity index (χ2n) is 6.64. The molecular weight excluding hydrogens is 350 g/mol. The summed E-state index contributed by atoms with van der Waals surface area (Å²) in [6, 6.07) is 14.5. The Bertz CT molecular complexity index is 729. The number of amides is 1. The van der Waals surface area contributed by atoms with Crippen molar-refractivity contribution in [1.29, 1.82) is 0 Å². The van der Waals surface area contributed by atoms with Crippen LogP contribution in [0.3, 0.4) is 0 Å². The average Bonchev–Trinajstić information content (AvgIpc) is 2.63. The fourth-order valence-corrected chi connectivity index (χ4v) is 4.16. The van der Waals surface area contributed by atoms with Crippen LogP contribution in [0.4, 0.5) is 0 Å². The highest BCUT2D eigenvalue weighted by Crippen LogP contribution is 2.25. The van der Waals surface area contributed by atoms with Gasteiger partial charge in [-0.05, 0) is 67.0 Å². The molecule has 0 saturated heterocycles. The molecule has 0 unspecified atom stereocenters. The van der Waals surface area contributed by atoms with Crippen molar-refractivity contribution in [1.82, 2.24) is 5.32 Å². The van der Waals surface area contributed by atoms with E-state index in [1.54, 1.807) is 11.8 Å². The maximum absolute atomic E-state index is 12.2. The smallest absolute Gasteiger partial charge is 0.230 e. The molecule has 2 nitrogen and oxygen atoms in total. The fraction of sp³-hybridized carbons (Fsp3) is 0.381. The predicted molar refractivity (Wildman–Crippen MR) is 107 cm³/mol. The van der Waals surface area contributed by atoms with E-state index in [2.05, 4.69) is 30.4 Å². The largest absolute Gasteiger partial charge is 0.349 e. The monoisotopic (exact) mass is 373 g/mol. The maximum atomic E-state index is 12.2. The molecule has 0 bridgehead atoms. The molecule has 0 saturated carbocycles. The molecule has 4 heteroatoms. The average molecular weight is 374 g/mol. The highest BCUT2D eigenvalue weighted by molar-refractivity contribution is 7.99. The molecule has 1 atom stereocenters. The molecule has 3 rings (SSSR count). The third-order valence-corrected chi connectivity index (χ3v) is 5.92. The second kappa shape index (κ2) is 8.77. The van der Waals surface area contributed by atoms with Crippen molar-refractivity contribution in [3.63, 3.8) is 0 Å². The second-order valence-corrected chi connectivity index (χ2v) is 8.07. The number of hydrogen-bond donors (Lipinski definition) is 1. The molecule has 25 heavy (non-hydrogen) atoms. The molecule has 1 amide bonds. The maximum Gasteiger partial charge on any atom is 0.230 e. The Morgan fingerprint density at radius 3 is 2.60 bits per heavy atom. The van der Waals surface area contributed by atoms with Crippen molar-refractivity contribution in [3.8, 4) is 0 Å². The van der Waals surface area contributed by atoms with E-state index in [0.29, 0.717) is 5.75 Å². The lowest BCUT2D eigenvalue weighted by atomic mass is 9.89. The van der Waals surface area contributed by atoms with Gasteiger partial charge in [0.05, 0.1) is 11.8 Å². The zero-order valence-corrected chi connectivity index (χ0v) is 16.1. The third-order valence-electron chi connectivity index (χ3n) is 4.67. The molecule has 1 N–H and O–H groups in total. The molecule has 1 aliphatic carbocycles. The number of thioether (sulfide) groups is 1. The Morgan fingerprint density at radius 2 is 1.84 bits per heavy atom. The lowest BCUT2D eigenvalue weighted by Gasteiger charge is -2.20. The standard InChI is InChI=1S/C21H24ClNOS/c1-15(18-9-8-17-4-2-3-5-19(17)12-18)23-21(24)14-25-13-16-6-10-20(22)11-7-16/h6-12,15H,2-5,13-14H2,1H3,(H,23,24)/t15-/m0/s1. The quantitative estimate of drug-likeness (QED) is 0.741. The molecule has 0 spiro atoms. The van der Waals surface area contributed by atoms with Crippen LogP contribution in [0.2, 0.25) is 5.02 Å². The van der Waals surface area contributed by atoms with Crippen molar-refractivity contribution in [2.24, 2.45) is 0 Å². The number of fused-ring (bicyclic) bond motifs is 1. The minimum absolute atomic E-state index is 0.0517. The summed E-state index contributed by atoms with van der Waals surface area (Å²) in [5.41, 5.74) is 5.33. The first-order valence-corrected chi connectivity index (χ1v) is 10.4. The van der Waals surface area contributed by atoms with E-state index < -0.39 is 0 Å². The summed E-state index contributed by atoms with van der Waals surface area (Å²) in [7, 11) is 0. The molecule has 132 valence electrons. The normalized spacial score (nSPS) is 14.6. The summed E-state index contributed by atoms with van der Waals surface area (Å²) in [6.07, 6.45) is 4.93. The molecule has 2 aromatic rings. The summed E-state index contributed by atoms with van der Waals surface area (Å²) in [5.74, 6) is 1.37. The Morgan fingerprint density at radius 1 is 1.12 bits per heavy atom. The van der Waals surface area contributed by atoms with Crippen LogP contribution in [0.5, 0.6) is 0 Å². The van der Waals surface area contributed by atoms with Gasteiger partial charge in [0.25, 0.3) is 0 Å². The first kappa shape index (κ1) is 18.3. The van der Waals surface area contributed by atoms with Gasteiger partial charge in [0, 0.05) is 10.8 Å².